The number of hydrogen-bond donors (Lipinski definition) is 1. The van der Waals surface area contributed by atoms with Gasteiger partial charge in [0.25, 0.3) is 0 Å². The summed E-state index contributed by atoms with van der Waals surface area (Å²) < 4.78 is 2.71. The Hall–Kier alpha value is -2.85. The number of ketones is 1. The molecule has 5 aromatic rings. The molecule has 1 radical (unpaired) electrons. The van der Waals surface area contributed by atoms with Crippen LogP contribution in [-0.4, -0.2) is 15.9 Å². The molecular formula is C29H26IrNO2S-. The minimum atomic E-state index is -0.125. The molecule has 0 fully saturated rings. The Morgan fingerprint density at radius 3 is 2.29 bits per heavy atom. The molecule has 0 unspecified atom stereocenters. The first kappa shape index (κ1) is 25.8. The molecule has 0 atom stereocenters. The summed E-state index contributed by atoms with van der Waals surface area (Å²) in [6.07, 6.45) is 1.17. The quantitative estimate of drug-likeness (QED) is 0.122. The molecule has 1 N–H and O–H groups in total. The van der Waals surface area contributed by atoms with Crippen molar-refractivity contribution in [2.24, 2.45) is 0 Å². The van der Waals surface area contributed by atoms with Gasteiger partial charge in [-0.3, -0.25) is 9.78 Å². The van der Waals surface area contributed by atoms with Crippen LogP contribution in [0.5, 0.6) is 0 Å². The average Bonchev–Trinajstić information content (AvgIpc) is 3.18. The Morgan fingerprint density at radius 1 is 0.971 bits per heavy atom. The summed E-state index contributed by atoms with van der Waals surface area (Å²) in [7, 11) is 0. The first-order valence-corrected chi connectivity index (χ1v) is 11.8. The molecule has 0 saturated heterocycles. The molecule has 5 rings (SSSR count). The van der Waals surface area contributed by atoms with E-state index in [0.717, 1.165) is 16.8 Å². The van der Waals surface area contributed by atoms with E-state index in [1.165, 1.54) is 51.0 Å². The van der Waals surface area contributed by atoms with Crippen molar-refractivity contribution in [1.29, 1.82) is 0 Å². The average molecular weight is 645 g/mol. The number of nitrogens with zero attached hydrogens (tertiary/aromatic N) is 1. The van der Waals surface area contributed by atoms with Gasteiger partial charge in [0.1, 0.15) is 0 Å². The number of para-hydroxylation sites is 1. The van der Waals surface area contributed by atoms with Gasteiger partial charge in [0.15, 0.2) is 5.78 Å². The van der Waals surface area contributed by atoms with E-state index in [2.05, 4.69) is 74.5 Å². The van der Waals surface area contributed by atoms with E-state index in [-0.39, 0.29) is 31.6 Å². The van der Waals surface area contributed by atoms with E-state index in [1.54, 1.807) is 0 Å². The second-order valence-corrected chi connectivity index (χ2v) is 9.36. The molecule has 0 aliphatic heterocycles. The Kier molecular flexibility index (Phi) is 8.37. The topological polar surface area (TPSA) is 50.2 Å². The van der Waals surface area contributed by atoms with E-state index >= 15 is 0 Å². The normalized spacial score (nSPS) is 11.4. The van der Waals surface area contributed by atoms with Crippen LogP contribution < -0.4 is 0 Å². The summed E-state index contributed by atoms with van der Waals surface area (Å²) in [6.45, 7) is 7.38. The molecule has 0 amide bonds. The second-order valence-electron chi connectivity index (χ2n) is 8.33. The molecular weight excluding hydrogens is 619 g/mol. The number of rotatable bonds is 3. The number of aliphatic hydroxyl groups is 1. The third-order valence-corrected chi connectivity index (χ3v) is 6.65. The molecule has 3 aromatic carbocycles. The maximum atomic E-state index is 10.0. The molecule has 34 heavy (non-hydrogen) atoms. The fraction of sp³-hybridized carbons (Fsp3) is 0.172. The Balaban J connectivity index is 0.000000357. The van der Waals surface area contributed by atoms with Crippen LogP contribution in [0.3, 0.4) is 0 Å². The fourth-order valence-corrected chi connectivity index (χ4v) is 5.49. The van der Waals surface area contributed by atoms with Gasteiger partial charge in [-0.2, -0.15) is 0 Å². The number of pyridine rings is 1. The molecule has 175 valence electrons. The molecule has 2 aromatic heterocycles. The molecule has 0 aliphatic carbocycles. The Morgan fingerprint density at radius 2 is 1.68 bits per heavy atom. The Labute approximate surface area is 217 Å². The van der Waals surface area contributed by atoms with Gasteiger partial charge in [-0.25, -0.2) is 0 Å². The molecule has 0 aliphatic rings. The van der Waals surface area contributed by atoms with Crippen molar-refractivity contribution in [2.45, 2.75) is 33.6 Å². The van der Waals surface area contributed by atoms with Crippen molar-refractivity contribution >= 4 is 48.2 Å². The third kappa shape index (κ3) is 5.28. The van der Waals surface area contributed by atoms with Gasteiger partial charge in [-0.05, 0) is 47.9 Å². The minimum absolute atomic E-state index is 0. The number of allylic oxidation sites excluding steroid dienone is 2. The van der Waals surface area contributed by atoms with Gasteiger partial charge in [-0.1, -0.05) is 50.2 Å². The van der Waals surface area contributed by atoms with Gasteiger partial charge >= 0.3 is 0 Å². The van der Waals surface area contributed by atoms with Gasteiger partial charge in [0.2, 0.25) is 0 Å². The summed E-state index contributed by atoms with van der Waals surface area (Å²) in [5.41, 5.74) is 4.55. The minimum Gasteiger partial charge on any atom is -0.512 e. The smallest absolute Gasteiger partial charge is 0.155 e. The van der Waals surface area contributed by atoms with Crippen LogP contribution in [-0.2, 0) is 24.9 Å². The van der Waals surface area contributed by atoms with Crippen molar-refractivity contribution in [1.82, 2.24) is 4.98 Å². The number of benzene rings is 3. The van der Waals surface area contributed by atoms with Crippen molar-refractivity contribution in [3.63, 3.8) is 0 Å². The zero-order valence-corrected chi connectivity index (χ0v) is 22.8. The number of carbonyl (C=O) groups is 1. The van der Waals surface area contributed by atoms with Gasteiger partial charge in [0.05, 0.1) is 11.3 Å². The number of thiophene rings is 1. The van der Waals surface area contributed by atoms with E-state index < -0.39 is 0 Å². The maximum absolute atomic E-state index is 10.0. The standard InChI is InChI=1S/C24H18NS.C5H8O2.Ir/c1-15(2)17-12-8-13-19-21-22(16-9-4-3-5-10-16)25-20-14-7-6-11-18(20)24(21)26-23(17)19;1-4(6)3-5(2)7;/h3-9,11-15H,1-2H3;3,6H,1-2H3;/q-1;;/b;4-3-;. The van der Waals surface area contributed by atoms with Crippen LogP contribution in [0.15, 0.2) is 78.6 Å². The van der Waals surface area contributed by atoms with Crippen molar-refractivity contribution in [3.05, 3.63) is 90.2 Å². The first-order valence-electron chi connectivity index (χ1n) is 11.0. The largest absolute Gasteiger partial charge is 0.512 e. The third-order valence-electron chi connectivity index (χ3n) is 5.36. The molecule has 0 spiro atoms. The first-order chi connectivity index (χ1) is 15.9. The van der Waals surface area contributed by atoms with Crippen molar-refractivity contribution in [2.75, 3.05) is 0 Å². The number of hydrogen-bond acceptors (Lipinski definition) is 4. The van der Waals surface area contributed by atoms with Gasteiger partial charge in [-0.15, -0.1) is 47.2 Å². The summed E-state index contributed by atoms with van der Waals surface area (Å²) in [4.78, 5) is 15.1. The number of carbonyl (C=O) groups excluding carboxylic acids is 1. The molecule has 2 heterocycles. The Bertz CT molecular complexity index is 1480. The van der Waals surface area contributed by atoms with Crippen LogP contribution in [0, 0.1) is 6.07 Å². The second kappa shape index (κ2) is 11.0. The molecule has 0 saturated carbocycles. The van der Waals surface area contributed by atoms with E-state index in [1.807, 2.05) is 23.5 Å². The number of aliphatic hydroxyl groups excluding tert-OH is 1. The SMILES string of the molecule is CC(=O)/C=C(/C)O.CC(C)c1cccc2c1sc1c3ccccc3nc(-c3[c-]cccc3)c21.[Ir]. The summed E-state index contributed by atoms with van der Waals surface area (Å²) in [5.74, 6) is 0.435. The monoisotopic (exact) mass is 645 g/mol. The van der Waals surface area contributed by atoms with Crippen molar-refractivity contribution in [3.8, 4) is 11.3 Å². The van der Waals surface area contributed by atoms with Crippen molar-refractivity contribution < 1.29 is 30.0 Å². The number of aromatic nitrogens is 1. The van der Waals surface area contributed by atoms with E-state index in [0.29, 0.717) is 5.92 Å². The fourth-order valence-electron chi connectivity index (χ4n) is 3.99. The maximum Gasteiger partial charge on any atom is 0.155 e. The van der Waals surface area contributed by atoms with Crippen LogP contribution in [0.4, 0.5) is 0 Å². The van der Waals surface area contributed by atoms with Crippen LogP contribution in [0.2, 0.25) is 0 Å². The predicted octanol–water partition coefficient (Wildman–Crippen LogP) is 8.23. The summed E-state index contributed by atoms with van der Waals surface area (Å²) in [5, 5.41) is 12.2. The van der Waals surface area contributed by atoms with Crippen LogP contribution in [0.1, 0.15) is 39.2 Å². The van der Waals surface area contributed by atoms with Gasteiger partial charge in [0, 0.05) is 41.0 Å². The molecule has 3 nitrogen and oxygen atoms in total. The summed E-state index contributed by atoms with van der Waals surface area (Å²) >= 11 is 1.90. The van der Waals surface area contributed by atoms with Crippen LogP contribution >= 0.6 is 11.3 Å². The van der Waals surface area contributed by atoms with Crippen LogP contribution in [0.25, 0.3) is 42.3 Å². The van der Waals surface area contributed by atoms with E-state index in [9.17, 15) is 4.79 Å². The molecule has 5 heteroatoms. The predicted molar refractivity (Wildman–Crippen MR) is 140 cm³/mol. The zero-order chi connectivity index (χ0) is 23.5. The number of fused-ring (bicyclic) bond motifs is 5. The molecule has 0 bridgehead atoms. The summed E-state index contributed by atoms with van der Waals surface area (Å²) in [6, 6.07) is 26.6. The van der Waals surface area contributed by atoms with E-state index in [4.69, 9.17) is 10.1 Å². The van der Waals surface area contributed by atoms with Gasteiger partial charge < -0.3 is 5.11 Å². The zero-order valence-electron chi connectivity index (χ0n) is 19.5.